The summed E-state index contributed by atoms with van der Waals surface area (Å²) in [4.78, 5) is 0. The Morgan fingerprint density at radius 3 is 2.67 bits per heavy atom. The van der Waals surface area contributed by atoms with Crippen molar-refractivity contribution in [2.24, 2.45) is 0 Å². The van der Waals surface area contributed by atoms with Gasteiger partial charge in [-0.25, -0.2) is 0 Å². The van der Waals surface area contributed by atoms with Crippen molar-refractivity contribution in [2.75, 3.05) is 7.05 Å². The molecule has 0 aliphatic heterocycles. The highest BCUT2D eigenvalue weighted by Gasteiger charge is 2.10. The van der Waals surface area contributed by atoms with Gasteiger partial charge < -0.3 is 10.4 Å². The van der Waals surface area contributed by atoms with Crippen molar-refractivity contribution in [1.82, 2.24) is 15.1 Å². The van der Waals surface area contributed by atoms with Crippen LogP contribution in [-0.2, 0) is 13.1 Å². The Morgan fingerprint density at radius 2 is 2.13 bits per heavy atom. The fourth-order valence-corrected chi connectivity index (χ4v) is 1.69. The van der Waals surface area contributed by atoms with Crippen LogP contribution in [0, 0.1) is 13.8 Å². The fourth-order valence-electron chi connectivity index (χ4n) is 1.69. The van der Waals surface area contributed by atoms with Crippen molar-refractivity contribution in [1.29, 1.82) is 0 Å². The van der Waals surface area contributed by atoms with E-state index in [0.717, 1.165) is 25.2 Å². The molecule has 15 heavy (non-hydrogen) atoms. The first kappa shape index (κ1) is 12.2. The zero-order valence-electron chi connectivity index (χ0n) is 10.0. The quantitative estimate of drug-likeness (QED) is 0.763. The zero-order valence-corrected chi connectivity index (χ0v) is 10.0. The zero-order chi connectivity index (χ0) is 11.4. The Bertz CT molecular complexity index is 318. The van der Waals surface area contributed by atoms with Crippen LogP contribution in [0.25, 0.3) is 0 Å². The van der Waals surface area contributed by atoms with E-state index < -0.39 is 0 Å². The lowest BCUT2D eigenvalue weighted by molar-refractivity contribution is 0.176. The molecule has 1 aromatic heterocycles. The Kier molecular flexibility index (Phi) is 4.29. The van der Waals surface area contributed by atoms with E-state index in [9.17, 15) is 5.11 Å². The van der Waals surface area contributed by atoms with Gasteiger partial charge in [0.05, 0.1) is 11.8 Å². The lowest BCUT2D eigenvalue weighted by atomic mass is 10.2. The molecule has 0 aromatic carbocycles. The molecule has 4 heteroatoms. The highest BCUT2D eigenvalue weighted by molar-refractivity contribution is 5.24. The largest absolute Gasteiger partial charge is 0.393 e. The molecule has 2 N–H and O–H groups in total. The summed E-state index contributed by atoms with van der Waals surface area (Å²) in [5.74, 6) is 0. The molecule has 4 nitrogen and oxygen atoms in total. The van der Waals surface area contributed by atoms with Crippen LogP contribution >= 0.6 is 0 Å². The molecule has 0 amide bonds. The van der Waals surface area contributed by atoms with Crippen LogP contribution in [0.4, 0.5) is 0 Å². The van der Waals surface area contributed by atoms with Gasteiger partial charge in [0.1, 0.15) is 0 Å². The summed E-state index contributed by atoms with van der Waals surface area (Å²) < 4.78 is 1.98. The molecule has 0 saturated carbocycles. The molecule has 0 aliphatic carbocycles. The number of rotatable bonds is 5. The molecular weight excluding hydrogens is 190 g/mol. The smallest absolute Gasteiger partial charge is 0.0641 e. The minimum absolute atomic E-state index is 0.262. The first-order valence-corrected chi connectivity index (χ1v) is 5.41. The predicted molar refractivity (Wildman–Crippen MR) is 60.8 cm³/mol. The summed E-state index contributed by atoms with van der Waals surface area (Å²) in [6.45, 7) is 7.55. The average molecular weight is 211 g/mol. The number of nitrogens with one attached hydrogen (secondary N) is 1. The van der Waals surface area contributed by atoms with Gasteiger partial charge in [-0.2, -0.15) is 5.10 Å². The molecule has 1 aromatic rings. The maximum atomic E-state index is 9.23. The van der Waals surface area contributed by atoms with Gasteiger partial charge in [-0.05, 0) is 34.2 Å². The van der Waals surface area contributed by atoms with Crippen molar-refractivity contribution < 1.29 is 5.11 Å². The second-order valence-corrected chi connectivity index (χ2v) is 4.04. The molecule has 0 radical (unpaired) electrons. The molecule has 1 rings (SSSR count). The van der Waals surface area contributed by atoms with Gasteiger partial charge in [-0.1, -0.05) is 0 Å². The summed E-state index contributed by atoms with van der Waals surface area (Å²) in [7, 11) is 1.94. The maximum Gasteiger partial charge on any atom is 0.0641 e. The van der Waals surface area contributed by atoms with Crippen molar-refractivity contribution in [3.05, 3.63) is 17.0 Å². The number of nitrogens with zero attached hydrogens (tertiary/aromatic N) is 2. The normalized spacial score (nSPS) is 13.1. The van der Waals surface area contributed by atoms with E-state index in [-0.39, 0.29) is 6.10 Å². The molecule has 1 heterocycles. The molecule has 1 atom stereocenters. The van der Waals surface area contributed by atoms with E-state index in [4.69, 9.17) is 0 Å². The molecule has 0 saturated heterocycles. The second-order valence-electron chi connectivity index (χ2n) is 4.04. The van der Waals surface area contributed by atoms with Gasteiger partial charge >= 0.3 is 0 Å². The lowest BCUT2D eigenvalue weighted by Gasteiger charge is -2.07. The Morgan fingerprint density at radius 1 is 1.47 bits per heavy atom. The van der Waals surface area contributed by atoms with Gasteiger partial charge in [0, 0.05) is 24.3 Å². The molecule has 86 valence electrons. The molecule has 0 fully saturated rings. The first-order chi connectivity index (χ1) is 7.06. The van der Waals surface area contributed by atoms with E-state index in [1.54, 1.807) is 6.92 Å². The summed E-state index contributed by atoms with van der Waals surface area (Å²) in [6, 6.07) is 0. The molecular formula is C11H21N3O. The highest BCUT2D eigenvalue weighted by atomic mass is 16.3. The van der Waals surface area contributed by atoms with Crippen LogP contribution in [0.1, 0.15) is 30.3 Å². The van der Waals surface area contributed by atoms with E-state index in [1.165, 1.54) is 11.3 Å². The van der Waals surface area contributed by atoms with E-state index in [2.05, 4.69) is 17.3 Å². The third-order valence-corrected chi connectivity index (χ3v) is 2.64. The number of aromatic nitrogens is 2. The Balaban J connectivity index is 2.77. The number of hydrogen-bond acceptors (Lipinski definition) is 3. The number of aliphatic hydroxyl groups is 1. The van der Waals surface area contributed by atoms with Crippen molar-refractivity contribution >= 4 is 0 Å². The molecule has 0 aliphatic rings. The first-order valence-electron chi connectivity index (χ1n) is 5.41. The van der Waals surface area contributed by atoms with Gasteiger partial charge in [0.2, 0.25) is 0 Å². The maximum absolute atomic E-state index is 9.23. The topological polar surface area (TPSA) is 50.1 Å². The predicted octanol–water partition coefficient (Wildman–Crippen LogP) is 0.990. The fraction of sp³-hybridized carbons (Fsp3) is 0.727. The van der Waals surface area contributed by atoms with Crippen LogP contribution < -0.4 is 5.32 Å². The minimum Gasteiger partial charge on any atom is -0.393 e. The highest BCUT2D eigenvalue weighted by Crippen LogP contribution is 2.13. The van der Waals surface area contributed by atoms with E-state index >= 15 is 0 Å². The number of aliphatic hydroxyl groups excluding tert-OH is 1. The van der Waals surface area contributed by atoms with Gasteiger partial charge in [0.15, 0.2) is 0 Å². The SMILES string of the molecule is CNCc1c(C)nn(CCC(C)O)c1C. The Labute approximate surface area is 91.3 Å². The third-order valence-electron chi connectivity index (χ3n) is 2.64. The standard InChI is InChI=1S/C11H21N3O/c1-8(15)5-6-14-10(3)11(7-12-4)9(2)13-14/h8,12,15H,5-7H2,1-4H3. The molecule has 1 unspecified atom stereocenters. The molecule has 0 spiro atoms. The number of aryl methyl sites for hydroxylation is 2. The summed E-state index contributed by atoms with van der Waals surface area (Å²) >= 11 is 0. The average Bonchev–Trinajstić information content (AvgIpc) is 2.43. The van der Waals surface area contributed by atoms with E-state index in [1.807, 2.05) is 18.7 Å². The summed E-state index contributed by atoms with van der Waals surface area (Å²) in [5, 5.41) is 16.8. The van der Waals surface area contributed by atoms with E-state index in [0.29, 0.717) is 0 Å². The second kappa shape index (κ2) is 5.28. The van der Waals surface area contributed by atoms with Crippen molar-refractivity contribution in [2.45, 2.75) is 46.4 Å². The molecule has 0 bridgehead atoms. The van der Waals surface area contributed by atoms with Crippen molar-refractivity contribution in [3.8, 4) is 0 Å². The van der Waals surface area contributed by atoms with Crippen LogP contribution in [0.2, 0.25) is 0 Å². The van der Waals surface area contributed by atoms with Crippen LogP contribution in [0.5, 0.6) is 0 Å². The summed E-state index contributed by atoms with van der Waals surface area (Å²) in [5.41, 5.74) is 3.54. The monoisotopic (exact) mass is 211 g/mol. The lowest BCUT2D eigenvalue weighted by Crippen LogP contribution is -2.10. The van der Waals surface area contributed by atoms with Gasteiger partial charge in [-0.15, -0.1) is 0 Å². The van der Waals surface area contributed by atoms with Crippen LogP contribution in [0.15, 0.2) is 0 Å². The third kappa shape index (κ3) is 3.04. The van der Waals surface area contributed by atoms with Crippen LogP contribution in [-0.4, -0.2) is 28.0 Å². The van der Waals surface area contributed by atoms with Crippen molar-refractivity contribution in [3.63, 3.8) is 0 Å². The van der Waals surface area contributed by atoms with Crippen LogP contribution in [0.3, 0.4) is 0 Å². The van der Waals surface area contributed by atoms with Gasteiger partial charge in [-0.3, -0.25) is 4.68 Å². The van der Waals surface area contributed by atoms with Gasteiger partial charge in [0.25, 0.3) is 0 Å². The summed E-state index contributed by atoms with van der Waals surface area (Å²) in [6.07, 6.45) is 0.489. The minimum atomic E-state index is -0.262. The number of hydrogen-bond donors (Lipinski definition) is 2. The Hall–Kier alpha value is -0.870.